The Bertz CT molecular complexity index is 1200. The maximum atomic E-state index is 13.5. The van der Waals surface area contributed by atoms with E-state index in [1.165, 1.54) is 0 Å². The first-order valence-electron chi connectivity index (χ1n) is 13.9. The molecule has 1 unspecified atom stereocenters. The summed E-state index contributed by atoms with van der Waals surface area (Å²) in [5, 5.41) is 10.1. The monoisotopic (exact) mass is 541 g/mol. The van der Waals surface area contributed by atoms with Crippen LogP contribution < -0.4 is 16.4 Å². The second kappa shape index (κ2) is 13.7. The number of carbonyl (C=O) groups is 3. The van der Waals surface area contributed by atoms with Gasteiger partial charge < -0.3 is 20.0 Å². The van der Waals surface area contributed by atoms with Gasteiger partial charge in [-0.15, -0.1) is 5.10 Å². The van der Waals surface area contributed by atoms with Gasteiger partial charge in [-0.05, 0) is 56.8 Å². The Kier molecular flexibility index (Phi) is 10.6. The molecule has 1 heterocycles. The predicted molar refractivity (Wildman–Crippen MR) is 148 cm³/mol. The minimum absolute atomic E-state index is 0.0961. The molecule has 2 N–H and O–H groups in total. The molecule has 1 aromatic heterocycles. The van der Waals surface area contributed by atoms with Gasteiger partial charge in [-0.1, -0.05) is 58.7 Å². The number of ketones is 1. The zero-order valence-corrected chi connectivity index (χ0v) is 24.0. The average Bonchev–Trinajstić information content (AvgIpc) is 3.22. The lowest BCUT2D eigenvalue weighted by Crippen LogP contribution is -2.52. The van der Waals surface area contributed by atoms with Gasteiger partial charge in [0, 0.05) is 18.2 Å². The number of hydrogen-bond acceptors (Lipinski definition) is 7. The molecule has 0 radical (unpaired) electrons. The number of nitrogens with one attached hydrogen (secondary N) is 2. The highest BCUT2D eigenvalue weighted by Gasteiger charge is 2.36. The molecule has 10 heteroatoms. The van der Waals surface area contributed by atoms with Gasteiger partial charge in [-0.25, -0.2) is 4.79 Å². The first-order chi connectivity index (χ1) is 18.5. The normalized spacial score (nSPS) is 18.4. The molecule has 1 aliphatic carbocycles. The van der Waals surface area contributed by atoms with E-state index in [0.29, 0.717) is 37.9 Å². The van der Waals surface area contributed by atoms with Gasteiger partial charge in [0.1, 0.15) is 0 Å². The van der Waals surface area contributed by atoms with Crippen LogP contribution in [0.4, 0.5) is 0 Å². The molecule has 2 amide bonds. The maximum Gasteiger partial charge on any atom is 0.437 e. The molecular weight excluding hydrogens is 498 g/mol. The van der Waals surface area contributed by atoms with Crippen LogP contribution in [0, 0.1) is 17.8 Å². The highest BCUT2D eigenvalue weighted by Crippen LogP contribution is 2.26. The Morgan fingerprint density at radius 2 is 1.77 bits per heavy atom. The summed E-state index contributed by atoms with van der Waals surface area (Å²) >= 11 is 0. The summed E-state index contributed by atoms with van der Waals surface area (Å²) in [7, 11) is 3.90. The van der Waals surface area contributed by atoms with Crippen molar-refractivity contribution in [2.24, 2.45) is 17.8 Å². The fraction of sp³-hybridized carbons (Fsp3) is 0.621. The summed E-state index contributed by atoms with van der Waals surface area (Å²) in [6.45, 7) is 8.73. The van der Waals surface area contributed by atoms with Gasteiger partial charge in [0.15, 0.2) is 0 Å². The summed E-state index contributed by atoms with van der Waals surface area (Å²) in [5.41, 5.74) is 1.51. The first kappa shape index (κ1) is 30.3. The van der Waals surface area contributed by atoms with Crippen LogP contribution >= 0.6 is 0 Å². The molecule has 39 heavy (non-hydrogen) atoms. The largest absolute Gasteiger partial charge is 0.437 e. The topological polar surface area (TPSA) is 127 Å². The van der Waals surface area contributed by atoms with Gasteiger partial charge >= 0.3 is 5.76 Å². The number of rotatable bonds is 12. The van der Waals surface area contributed by atoms with Crippen LogP contribution in [-0.4, -0.2) is 58.5 Å². The minimum atomic E-state index is -0.887. The summed E-state index contributed by atoms with van der Waals surface area (Å²) < 4.78 is 6.31. The van der Waals surface area contributed by atoms with Crippen molar-refractivity contribution in [3.8, 4) is 0 Å². The van der Waals surface area contributed by atoms with Crippen molar-refractivity contribution < 1.29 is 18.8 Å². The van der Waals surface area contributed by atoms with Crippen molar-refractivity contribution in [2.75, 3.05) is 14.1 Å². The Morgan fingerprint density at radius 3 is 2.44 bits per heavy atom. The zero-order valence-electron chi connectivity index (χ0n) is 24.0. The van der Waals surface area contributed by atoms with Crippen molar-refractivity contribution in [1.82, 2.24) is 25.3 Å². The predicted octanol–water partition coefficient (Wildman–Crippen LogP) is 3.26. The van der Waals surface area contributed by atoms with Crippen LogP contribution in [0.3, 0.4) is 0 Å². The van der Waals surface area contributed by atoms with Gasteiger partial charge in [0.25, 0.3) is 11.8 Å². The highest BCUT2D eigenvalue weighted by atomic mass is 16.4. The molecule has 2 aromatic rings. The molecule has 0 spiro atoms. The first-order valence-corrected chi connectivity index (χ1v) is 13.9. The second-order valence-corrected chi connectivity index (χ2v) is 11.7. The van der Waals surface area contributed by atoms with E-state index in [2.05, 4.69) is 15.7 Å². The van der Waals surface area contributed by atoms with Crippen molar-refractivity contribution in [3.63, 3.8) is 0 Å². The van der Waals surface area contributed by atoms with Crippen molar-refractivity contribution in [3.05, 3.63) is 51.8 Å². The van der Waals surface area contributed by atoms with Crippen molar-refractivity contribution in [1.29, 1.82) is 0 Å². The third-order valence-corrected chi connectivity index (χ3v) is 6.86. The van der Waals surface area contributed by atoms with E-state index in [1.54, 1.807) is 6.07 Å². The number of carbonyl (C=O) groups excluding carboxylic acids is 3. The fourth-order valence-electron chi connectivity index (χ4n) is 5.08. The molecule has 3 atom stereocenters. The quantitative estimate of drug-likeness (QED) is 0.395. The number of nitrogens with zero attached hydrogens (tertiary/aromatic N) is 3. The third kappa shape index (κ3) is 8.36. The molecule has 0 bridgehead atoms. The lowest BCUT2D eigenvalue weighted by molar-refractivity contribution is -0.127. The molecule has 0 saturated heterocycles. The van der Waals surface area contributed by atoms with Crippen LogP contribution in [0.1, 0.15) is 86.4 Å². The molecule has 1 fully saturated rings. The van der Waals surface area contributed by atoms with E-state index in [0.717, 1.165) is 23.1 Å². The summed E-state index contributed by atoms with van der Waals surface area (Å²) in [6.07, 6.45) is 3.42. The van der Waals surface area contributed by atoms with Crippen LogP contribution in [0.2, 0.25) is 0 Å². The standard InChI is InChI=1S/C29H43N5O5/c1-18(2)15-24(25(35)28-32-34(16-19(3)4)29(38)39-28)31-27(37)22-13-9-10-14-23(22)30-26(36)21-12-8-7-11-20(21)17-33(5)6/h7-8,11-12,18-19,22-24H,9-10,13-17H2,1-6H3,(H,30,36)(H,31,37)/t22-,23+,24?/m1/s1. The Morgan fingerprint density at radius 1 is 1.08 bits per heavy atom. The SMILES string of the molecule is CC(C)CC(NC(=O)[C@@H]1CCCC[C@@H]1NC(=O)c1ccccc1CN(C)C)C(=O)c1nn(CC(C)C)c(=O)o1. The molecule has 1 aliphatic rings. The van der Waals surface area contributed by atoms with E-state index < -0.39 is 23.5 Å². The summed E-state index contributed by atoms with van der Waals surface area (Å²) in [4.78, 5) is 54.3. The minimum Gasteiger partial charge on any atom is -0.384 e. The van der Waals surface area contributed by atoms with E-state index >= 15 is 0 Å². The van der Waals surface area contributed by atoms with Crippen molar-refractivity contribution in [2.45, 2.75) is 85.0 Å². The molecule has 3 rings (SSSR count). The van der Waals surface area contributed by atoms with Gasteiger partial charge in [0.2, 0.25) is 11.7 Å². The average molecular weight is 542 g/mol. The highest BCUT2D eigenvalue weighted by molar-refractivity contribution is 5.99. The Balaban J connectivity index is 1.76. The van der Waals surface area contributed by atoms with E-state index in [-0.39, 0.29) is 35.6 Å². The molecule has 214 valence electrons. The van der Waals surface area contributed by atoms with Gasteiger partial charge in [-0.3, -0.25) is 14.4 Å². The Hall–Kier alpha value is -3.27. The van der Waals surface area contributed by atoms with Crippen LogP contribution in [0.5, 0.6) is 0 Å². The molecular formula is C29H43N5O5. The number of amides is 2. The lowest BCUT2D eigenvalue weighted by Gasteiger charge is -2.32. The maximum absolute atomic E-state index is 13.5. The number of benzene rings is 1. The van der Waals surface area contributed by atoms with Gasteiger partial charge in [-0.2, -0.15) is 4.68 Å². The van der Waals surface area contributed by atoms with E-state index in [4.69, 9.17) is 4.42 Å². The van der Waals surface area contributed by atoms with Gasteiger partial charge in [0.05, 0.1) is 18.5 Å². The fourth-order valence-corrected chi connectivity index (χ4v) is 5.08. The lowest BCUT2D eigenvalue weighted by atomic mass is 9.83. The Labute approximate surface area is 230 Å². The van der Waals surface area contributed by atoms with Crippen molar-refractivity contribution >= 4 is 17.6 Å². The van der Waals surface area contributed by atoms with E-state index in [1.807, 2.05) is 64.9 Å². The molecule has 10 nitrogen and oxygen atoms in total. The third-order valence-electron chi connectivity index (χ3n) is 6.86. The van der Waals surface area contributed by atoms with Crippen LogP contribution in [0.25, 0.3) is 0 Å². The number of hydrogen-bond donors (Lipinski definition) is 2. The van der Waals surface area contributed by atoms with Crippen LogP contribution in [0.15, 0.2) is 33.5 Å². The summed E-state index contributed by atoms with van der Waals surface area (Å²) in [6, 6.07) is 6.24. The summed E-state index contributed by atoms with van der Waals surface area (Å²) in [5.74, 6) is -2.23. The number of Topliss-reactive ketones (excluding diaryl/α,β-unsaturated/α-hetero) is 1. The van der Waals surface area contributed by atoms with E-state index in [9.17, 15) is 19.2 Å². The zero-order chi connectivity index (χ0) is 28.7. The molecule has 1 aromatic carbocycles. The van der Waals surface area contributed by atoms with Crippen LogP contribution in [-0.2, 0) is 17.9 Å². The second-order valence-electron chi connectivity index (χ2n) is 11.7. The number of aromatic nitrogens is 2. The smallest absolute Gasteiger partial charge is 0.384 e. The molecule has 1 saturated carbocycles. The molecule has 0 aliphatic heterocycles.